The molecule has 0 unspecified atom stereocenters. The first-order valence-electron chi connectivity index (χ1n) is 7.98. The Bertz CT molecular complexity index is 505. The van der Waals surface area contributed by atoms with Gasteiger partial charge in [0.25, 0.3) is 0 Å². The highest BCUT2D eigenvalue weighted by Crippen LogP contribution is 2.22. The van der Waals surface area contributed by atoms with Gasteiger partial charge in [0.15, 0.2) is 0 Å². The normalized spacial score (nSPS) is 21.2. The molecule has 0 aromatic heterocycles. The summed E-state index contributed by atoms with van der Waals surface area (Å²) in [5, 5.41) is 5.81. The second-order valence-electron chi connectivity index (χ2n) is 5.82. The molecule has 1 aromatic rings. The molecule has 2 N–H and O–H groups in total. The maximum atomic E-state index is 12.0. The molecule has 0 bridgehead atoms. The number of benzene rings is 1. The summed E-state index contributed by atoms with van der Waals surface area (Å²) >= 11 is 0. The fourth-order valence-corrected chi connectivity index (χ4v) is 2.73. The van der Waals surface area contributed by atoms with Gasteiger partial charge in [-0.1, -0.05) is 0 Å². The van der Waals surface area contributed by atoms with Gasteiger partial charge in [-0.3, -0.25) is 0 Å². The molecule has 0 radical (unpaired) electrons. The Morgan fingerprint density at radius 1 is 1.45 bits per heavy atom. The highest BCUT2D eigenvalue weighted by atomic mass is 16.5. The van der Waals surface area contributed by atoms with Gasteiger partial charge in [-0.05, 0) is 63.3 Å². The highest BCUT2D eigenvalue weighted by Gasteiger charge is 2.19. The number of ether oxygens (including phenoxy) is 2. The first-order valence-corrected chi connectivity index (χ1v) is 7.98. The van der Waals surface area contributed by atoms with E-state index >= 15 is 0 Å². The molecule has 1 aromatic carbocycles. The van der Waals surface area contributed by atoms with E-state index in [0.29, 0.717) is 19.1 Å². The van der Waals surface area contributed by atoms with Gasteiger partial charge in [-0.2, -0.15) is 0 Å². The van der Waals surface area contributed by atoms with Crippen molar-refractivity contribution >= 4 is 11.7 Å². The number of carbonyl (C=O) groups is 1. The van der Waals surface area contributed by atoms with E-state index in [2.05, 4.69) is 17.6 Å². The smallest absolute Gasteiger partial charge is 0.319 e. The zero-order valence-corrected chi connectivity index (χ0v) is 13.6. The molecule has 2 atom stereocenters. The van der Waals surface area contributed by atoms with E-state index in [1.165, 1.54) is 0 Å². The summed E-state index contributed by atoms with van der Waals surface area (Å²) in [5.41, 5.74) is 1.79. The summed E-state index contributed by atoms with van der Waals surface area (Å²) < 4.78 is 11.0. The van der Waals surface area contributed by atoms with Crippen LogP contribution in [-0.2, 0) is 4.74 Å². The van der Waals surface area contributed by atoms with E-state index < -0.39 is 0 Å². The van der Waals surface area contributed by atoms with Gasteiger partial charge in [-0.15, -0.1) is 0 Å². The Hall–Kier alpha value is -1.75. The van der Waals surface area contributed by atoms with Crippen LogP contribution in [-0.4, -0.2) is 31.9 Å². The molecule has 5 nitrogen and oxygen atoms in total. The van der Waals surface area contributed by atoms with Crippen LogP contribution in [0.1, 0.15) is 32.3 Å². The molecule has 122 valence electrons. The number of hydrogen-bond donors (Lipinski definition) is 2. The molecule has 5 heteroatoms. The number of aryl methyl sites for hydroxylation is 1. The fourth-order valence-electron chi connectivity index (χ4n) is 2.73. The molecule has 1 heterocycles. The Labute approximate surface area is 132 Å². The van der Waals surface area contributed by atoms with Crippen molar-refractivity contribution in [2.75, 3.05) is 25.1 Å². The summed E-state index contributed by atoms with van der Waals surface area (Å²) in [6.45, 7) is 8.11. The van der Waals surface area contributed by atoms with Gasteiger partial charge in [0, 0.05) is 18.8 Å². The monoisotopic (exact) mass is 306 g/mol. The molecule has 0 saturated carbocycles. The van der Waals surface area contributed by atoms with Gasteiger partial charge >= 0.3 is 6.03 Å². The van der Waals surface area contributed by atoms with Crippen LogP contribution in [0.2, 0.25) is 0 Å². The van der Waals surface area contributed by atoms with Gasteiger partial charge in [0.05, 0.1) is 12.7 Å². The van der Waals surface area contributed by atoms with E-state index in [-0.39, 0.29) is 12.1 Å². The zero-order valence-electron chi connectivity index (χ0n) is 13.6. The topological polar surface area (TPSA) is 59.6 Å². The predicted octanol–water partition coefficient (Wildman–Crippen LogP) is 3.33. The van der Waals surface area contributed by atoms with E-state index in [0.717, 1.165) is 36.4 Å². The molecule has 1 fully saturated rings. The van der Waals surface area contributed by atoms with Crippen molar-refractivity contribution in [1.82, 2.24) is 5.32 Å². The van der Waals surface area contributed by atoms with Crippen LogP contribution in [0.3, 0.4) is 0 Å². The predicted molar refractivity (Wildman–Crippen MR) is 87.5 cm³/mol. The van der Waals surface area contributed by atoms with Crippen LogP contribution in [0.15, 0.2) is 18.2 Å². The minimum absolute atomic E-state index is 0.164. The molecule has 22 heavy (non-hydrogen) atoms. The number of carbonyl (C=O) groups excluding carboxylic acids is 1. The highest BCUT2D eigenvalue weighted by molar-refractivity contribution is 5.89. The molecule has 0 spiro atoms. The van der Waals surface area contributed by atoms with Crippen LogP contribution < -0.4 is 15.4 Å². The molecule has 1 saturated heterocycles. The third-order valence-corrected chi connectivity index (χ3v) is 3.88. The summed E-state index contributed by atoms with van der Waals surface area (Å²) in [7, 11) is 0. The van der Waals surface area contributed by atoms with E-state index in [1.807, 2.05) is 32.0 Å². The molecular weight excluding hydrogens is 280 g/mol. The van der Waals surface area contributed by atoms with E-state index in [9.17, 15) is 4.79 Å². The molecule has 2 amide bonds. The van der Waals surface area contributed by atoms with E-state index in [4.69, 9.17) is 9.47 Å². The molecule has 0 aliphatic carbocycles. The van der Waals surface area contributed by atoms with Crippen LogP contribution in [0, 0.1) is 12.8 Å². The number of nitrogens with one attached hydrogen (secondary N) is 2. The maximum Gasteiger partial charge on any atom is 0.319 e. The van der Waals surface area contributed by atoms with Gasteiger partial charge < -0.3 is 20.1 Å². The standard InChI is InChI=1S/C17H26N2O3/c1-4-21-16-6-5-15(9-12(16)2)19-17(20)18-11-14-7-8-22-13(3)10-14/h5-6,9,13-14H,4,7-8,10-11H2,1-3H3,(H2,18,19,20)/t13-,14-/m0/s1. The summed E-state index contributed by atoms with van der Waals surface area (Å²) in [4.78, 5) is 12.0. The third kappa shape index (κ3) is 4.91. The number of hydrogen-bond acceptors (Lipinski definition) is 3. The van der Waals surface area contributed by atoms with Crippen LogP contribution in [0.5, 0.6) is 5.75 Å². The van der Waals surface area contributed by atoms with E-state index in [1.54, 1.807) is 0 Å². The second kappa shape index (κ2) is 8.03. The zero-order chi connectivity index (χ0) is 15.9. The summed E-state index contributed by atoms with van der Waals surface area (Å²) in [6, 6.07) is 5.49. The average molecular weight is 306 g/mol. The minimum atomic E-state index is -0.164. The lowest BCUT2D eigenvalue weighted by atomic mass is 9.96. The van der Waals surface area contributed by atoms with Gasteiger partial charge in [0.1, 0.15) is 5.75 Å². The number of amides is 2. The molecule has 1 aliphatic heterocycles. The number of anilines is 1. The largest absolute Gasteiger partial charge is 0.494 e. The third-order valence-electron chi connectivity index (χ3n) is 3.88. The first kappa shape index (κ1) is 16.6. The maximum absolute atomic E-state index is 12.0. The lowest BCUT2D eigenvalue weighted by molar-refractivity contribution is 0.00354. The SMILES string of the molecule is CCOc1ccc(NC(=O)NC[C@H]2CCO[C@@H](C)C2)cc1C. The van der Waals surface area contributed by atoms with Crippen molar-refractivity contribution in [1.29, 1.82) is 0 Å². The van der Waals surface area contributed by atoms with Crippen molar-refractivity contribution in [3.8, 4) is 5.75 Å². The fraction of sp³-hybridized carbons (Fsp3) is 0.588. The lowest BCUT2D eigenvalue weighted by Gasteiger charge is -2.27. The first-order chi connectivity index (χ1) is 10.6. The Kier molecular flexibility index (Phi) is 6.07. The Morgan fingerprint density at radius 2 is 2.27 bits per heavy atom. The van der Waals surface area contributed by atoms with Gasteiger partial charge in [-0.25, -0.2) is 4.79 Å². The van der Waals surface area contributed by atoms with Gasteiger partial charge in [0.2, 0.25) is 0 Å². The average Bonchev–Trinajstić information content (AvgIpc) is 2.48. The Morgan fingerprint density at radius 3 is 2.95 bits per heavy atom. The lowest BCUT2D eigenvalue weighted by Crippen LogP contribution is -2.36. The van der Waals surface area contributed by atoms with Crippen LogP contribution in [0.25, 0.3) is 0 Å². The number of rotatable bonds is 5. The number of urea groups is 1. The molecule has 1 aliphatic rings. The molecule has 2 rings (SSSR count). The minimum Gasteiger partial charge on any atom is -0.494 e. The second-order valence-corrected chi connectivity index (χ2v) is 5.82. The summed E-state index contributed by atoms with van der Waals surface area (Å²) in [6.07, 6.45) is 2.30. The van der Waals surface area contributed by atoms with Crippen molar-refractivity contribution in [2.45, 2.75) is 39.7 Å². The summed E-state index contributed by atoms with van der Waals surface area (Å²) in [5.74, 6) is 1.35. The molecular formula is C17H26N2O3. The van der Waals surface area contributed by atoms with Crippen molar-refractivity contribution in [2.24, 2.45) is 5.92 Å². The van der Waals surface area contributed by atoms with Crippen molar-refractivity contribution in [3.05, 3.63) is 23.8 Å². The van der Waals surface area contributed by atoms with Crippen LogP contribution >= 0.6 is 0 Å². The van der Waals surface area contributed by atoms with Crippen LogP contribution in [0.4, 0.5) is 10.5 Å². The van der Waals surface area contributed by atoms with Crippen molar-refractivity contribution in [3.63, 3.8) is 0 Å². The quantitative estimate of drug-likeness (QED) is 0.877. The Balaban J connectivity index is 1.80. The van der Waals surface area contributed by atoms with Crippen molar-refractivity contribution < 1.29 is 14.3 Å².